The van der Waals surface area contributed by atoms with Gasteiger partial charge >= 0.3 is 0 Å². The highest BCUT2D eigenvalue weighted by Crippen LogP contribution is 2.08. The predicted octanol–water partition coefficient (Wildman–Crippen LogP) is -1.39. The van der Waals surface area contributed by atoms with Gasteiger partial charge in [-0.05, 0) is 19.8 Å². The molecule has 7 nitrogen and oxygen atoms in total. The lowest BCUT2D eigenvalue weighted by Gasteiger charge is -2.33. The first-order valence-electron chi connectivity index (χ1n) is 5.86. The Morgan fingerprint density at radius 3 is 2.89 bits per heavy atom. The van der Waals surface area contributed by atoms with Crippen molar-refractivity contribution in [2.75, 3.05) is 20.3 Å². The van der Waals surface area contributed by atoms with Crippen LogP contribution in [0.1, 0.15) is 19.8 Å². The second-order valence-electron chi connectivity index (χ2n) is 4.30. The van der Waals surface area contributed by atoms with Crippen LogP contribution >= 0.6 is 0 Å². The number of methoxy groups -OCH3 is 1. The second-order valence-corrected chi connectivity index (χ2v) is 4.30. The third kappa shape index (κ3) is 3.51. The van der Waals surface area contributed by atoms with Gasteiger partial charge in [-0.1, -0.05) is 0 Å². The maximum atomic E-state index is 12.0. The SMILES string of the molecule is COCCCC(N)C(=O)N1CC(=O)NC(=O)C1C. The van der Waals surface area contributed by atoms with Crippen molar-refractivity contribution in [2.24, 2.45) is 5.73 Å². The zero-order chi connectivity index (χ0) is 13.7. The zero-order valence-corrected chi connectivity index (χ0v) is 10.6. The van der Waals surface area contributed by atoms with E-state index in [0.29, 0.717) is 19.4 Å². The second kappa shape index (κ2) is 6.46. The number of carbonyl (C=O) groups is 3. The Hall–Kier alpha value is -1.47. The highest BCUT2D eigenvalue weighted by molar-refractivity contribution is 6.04. The van der Waals surface area contributed by atoms with Crippen molar-refractivity contribution in [3.8, 4) is 0 Å². The Labute approximate surface area is 106 Å². The van der Waals surface area contributed by atoms with Gasteiger partial charge in [0.05, 0.1) is 6.04 Å². The zero-order valence-electron chi connectivity index (χ0n) is 10.6. The van der Waals surface area contributed by atoms with E-state index in [1.807, 2.05) is 0 Å². The van der Waals surface area contributed by atoms with Crippen LogP contribution in [0.3, 0.4) is 0 Å². The maximum Gasteiger partial charge on any atom is 0.249 e. The topological polar surface area (TPSA) is 102 Å². The van der Waals surface area contributed by atoms with Crippen LogP contribution in [0.4, 0.5) is 0 Å². The van der Waals surface area contributed by atoms with Gasteiger partial charge in [-0.25, -0.2) is 0 Å². The summed E-state index contributed by atoms with van der Waals surface area (Å²) < 4.78 is 4.87. The minimum absolute atomic E-state index is 0.121. The molecule has 1 aliphatic heterocycles. The Morgan fingerprint density at radius 1 is 1.61 bits per heavy atom. The molecular formula is C11H19N3O4. The summed E-state index contributed by atoms with van der Waals surface area (Å²) in [6, 6.07) is -1.37. The first-order chi connectivity index (χ1) is 8.47. The van der Waals surface area contributed by atoms with E-state index < -0.39 is 23.9 Å². The van der Waals surface area contributed by atoms with Gasteiger partial charge in [0.15, 0.2) is 0 Å². The van der Waals surface area contributed by atoms with Crippen molar-refractivity contribution >= 4 is 17.7 Å². The molecule has 0 aliphatic carbocycles. The quantitative estimate of drug-likeness (QED) is 0.466. The molecule has 0 aromatic rings. The first kappa shape index (κ1) is 14.6. The van der Waals surface area contributed by atoms with Crippen LogP contribution in [0, 0.1) is 0 Å². The molecule has 2 atom stereocenters. The molecule has 18 heavy (non-hydrogen) atoms. The maximum absolute atomic E-state index is 12.0. The Balaban J connectivity index is 2.58. The lowest BCUT2D eigenvalue weighted by molar-refractivity contribution is -0.150. The number of hydrogen-bond donors (Lipinski definition) is 2. The van der Waals surface area contributed by atoms with E-state index >= 15 is 0 Å². The van der Waals surface area contributed by atoms with Crippen molar-refractivity contribution in [2.45, 2.75) is 31.8 Å². The van der Waals surface area contributed by atoms with Crippen LogP contribution in [-0.4, -0.2) is 55.0 Å². The number of hydrogen-bond acceptors (Lipinski definition) is 5. The van der Waals surface area contributed by atoms with Crippen LogP contribution in [0.15, 0.2) is 0 Å². The summed E-state index contributed by atoms with van der Waals surface area (Å²) in [4.78, 5) is 35.9. The van der Waals surface area contributed by atoms with Gasteiger partial charge in [0, 0.05) is 13.7 Å². The monoisotopic (exact) mass is 257 g/mol. The van der Waals surface area contributed by atoms with Crippen LogP contribution in [-0.2, 0) is 19.1 Å². The van der Waals surface area contributed by atoms with Crippen LogP contribution in [0.25, 0.3) is 0 Å². The molecule has 1 aliphatic rings. The van der Waals surface area contributed by atoms with E-state index in [4.69, 9.17) is 10.5 Å². The fourth-order valence-electron chi connectivity index (χ4n) is 1.77. The summed E-state index contributed by atoms with van der Waals surface area (Å²) in [7, 11) is 1.57. The first-order valence-corrected chi connectivity index (χ1v) is 5.86. The van der Waals surface area contributed by atoms with Gasteiger partial charge in [0.2, 0.25) is 17.7 Å². The fraction of sp³-hybridized carbons (Fsp3) is 0.727. The molecule has 0 radical (unpaired) electrons. The molecule has 3 amide bonds. The minimum atomic E-state index is -0.707. The number of imide groups is 1. The summed E-state index contributed by atoms with van der Waals surface area (Å²) in [6.07, 6.45) is 1.12. The van der Waals surface area contributed by atoms with E-state index in [-0.39, 0.29) is 12.5 Å². The number of nitrogens with two attached hydrogens (primary N) is 1. The molecule has 0 saturated carbocycles. The summed E-state index contributed by atoms with van der Waals surface area (Å²) in [5.74, 6) is -1.32. The van der Waals surface area contributed by atoms with Crippen molar-refractivity contribution in [1.29, 1.82) is 0 Å². The van der Waals surface area contributed by atoms with Crippen molar-refractivity contribution in [1.82, 2.24) is 10.2 Å². The van der Waals surface area contributed by atoms with Gasteiger partial charge < -0.3 is 15.4 Å². The molecular weight excluding hydrogens is 238 g/mol. The van der Waals surface area contributed by atoms with Gasteiger partial charge in [0.1, 0.15) is 12.6 Å². The molecule has 2 unspecified atom stereocenters. The fourth-order valence-corrected chi connectivity index (χ4v) is 1.77. The van der Waals surface area contributed by atoms with E-state index in [0.717, 1.165) is 0 Å². The Bertz CT molecular complexity index is 345. The number of nitrogens with one attached hydrogen (secondary N) is 1. The molecule has 0 spiro atoms. The number of ether oxygens (including phenoxy) is 1. The Morgan fingerprint density at radius 2 is 2.28 bits per heavy atom. The molecule has 0 bridgehead atoms. The van der Waals surface area contributed by atoms with E-state index in [2.05, 4.69) is 5.32 Å². The van der Waals surface area contributed by atoms with Gasteiger partial charge in [-0.2, -0.15) is 0 Å². The molecule has 7 heteroatoms. The van der Waals surface area contributed by atoms with Crippen LogP contribution in [0.5, 0.6) is 0 Å². The highest BCUT2D eigenvalue weighted by Gasteiger charge is 2.35. The number of nitrogens with zero attached hydrogens (tertiary/aromatic N) is 1. The smallest absolute Gasteiger partial charge is 0.249 e. The molecule has 102 valence electrons. The molecule has 1 rings (SSSR count). The van der Waals surface area contributed by atoms with Gasteiger partial charge in [0.25, 0.3) is 0 Å². The average Bonchev–Trinajstić information content (AvgIpc) is 2.33. The van der Waals surface area contributed by atoms with Crippen LogP contribution < -0.4 is 11.1 Å². The summed E-state index contributed by atoms with van der Waals surface area (Å²) in [6.45, 7) is 1.97. The van der Waals surface area contributed by atoms with Crippen molar-refractivity contribution < 1.29 is 19.1 Å². The number of piperazine rings is 1. The number of rotatable bonds is 5. The highest BCUT2D eigenvalue weighted by atomic mass is 16.5. The van der Waals surface area contributed by atoms with Crippen molar-refractivity contribution in [3.05, 3.63) is 0 Å². The third-order valence-corrected chi connectivity index (χ3v) is 2.89. The predicted molar refractivity (Wildman–Crippen MR) is 63.4 cm³/mol. The average molecular weight is 257 g/mol. The third-order valence-electron chi connectivity index (χ3n) is 2.89. The largest absolute Gasteiger partial charge is 0.385 e. The number of carbonyl (C=O) groups excluding carboxylic acids is 3. The molecule has 3 N–H and O–H groups in total. The lowest BCUT2D eigenvalue weighted by Crippen LogP contribution is -2.61. The number of amides is 3. The standard InChI is InChI=1S/C11H19N3O4/c1-7-10(16)13-9(15)6-14(7)11(17)8(12)4-3-5-18-2/h7-8H,3-6,12H2,1-2H3,(H,13,15,16). The summed E-state index contributed by atoms with van der Waals surface area (Å²) in [5.41, 5.74) is 5.75. The minimum Gasteiger partial charge on any atom is -0.385 e. The lowest BCUT2D eigenvalue weighted by atomic mass is 10.1. The van der Waals surface area contributed by atoms with Crippen LogP contribution in [0.2, 0.25) is 0 Å². The van der Waals surface area contributed by atoms with Gasteiger partial charge in [-0.15, -0.1) is 0 Å². The molecule has 0 aromatic carbocycles. The van der Waals surface area contributed by atoms with Gasteiger partial charge in [-0.3, -0.25) is 19.7 Å². The molecule has 1 heterocycles. The summed E-state index contributed by atoms with van der Waals surface area (Å²) >= 11 is 0. The molecule has 1 saturated heterocycles. The Kier molecular flexibility index (Phi) is 5.24. The normalized spacial score (nSPS) is 21.7. The van der Waals surface area contributed by atoms with E-state index in [9.17, 15) is 14.4 Å². The molecule has 1 fully saturated rings. The van der Waals surface area contributed by atoms with E-state index in [1.165, 1.54) is 4.90 Å². The van der Waals surface area contributed by atoms with E-state index in [1.54, 1.807) is 14.0 Å². The van der Waals surface area contributed by atoms with Crippen molar-refractivity contribution in [3.63, 3.8) is 0 Å². The molecule has 0 aromatic heterocycles. The summed E-state index contributed by atoms with van der Waals surface area (Å²) in [5, 5.41) is 2.17.